The molecule has 0 aliphatic rings. The molecule has 8 heteroatoms. The third-order valence-electron chi connectivity index (χ3n) is 4.92. The maximum atomic E-state index is 12.6. The van der Waals surface area contributed by atoms with Crippen LogP contribution >= 0.6 is 11.8 Å². The summed E-state index contributed by atoms with van der Waals surface area (Å²) in [6.07, 6.45) is 1.62. The van der Waals surface area contributed by atoms with Crippen LogP contribution in [0.25, 0.3) is 17.2 Å². The Bertz CT molecular complexity index is 1390. The summed E-state index contributed by atoms with van der Waals surface area (Å²) in [7, 11) is 0. The first-order chi connectivity index (χ1) is 15.2. The molecule has 5 rings (SSSR count). The zero-order valence-corrected chi connectivity index (χ0v) is 17.6. The van der Waals surface area contributed by atoms with Gasteiger partial charge in [0.2, 0.25) is 5.82 Å². The molecule has 0 N–H and O–H groups in total. The Balaban J connectivity index is 1.47. The number of furan rings is 1. The van der Waals surface area contributed by atoms with E-state index in [1.807, 2.05) is 60.0 Å². The number of nitrogens with zero attached hydrogens (tertiary/aromatic N) is 5. The number of thioether (sulfide) groups is 1. The van der Waals surface area contributed by atoms with Crippen LogP contribution in [0.1, 0.15) is 17.0 Å². The van der Waals surface area contributed by atoms with Crippen molar-refractivity contribution in [1.29, 1.82) is 0 Å². The molecule has 4 heterocycles. The highest BCUT2D eigenvalue weighted by Gasteiger charge is 2.17. The summed E-state index contributed by atoms with van der Waals surface area (Å²) in [5.74, 6) is 1.83. The SMILES string of the molecule is Cc1cccc2nc(CSc3nnc(-c4ccco4)n3Cc3ccccc3)cc(=O)n12. The Morgan fingerprint density at radius 3 is 2.68 bits per heavy atom. The van der Waals surface area contributed by atoms with E-state index in [1.54, 1.807) is 16.7 Å². The van der Waals surface area contributed by atoms with Crippen molar-refractivity contribution in [2.24, 2.45) is 0 Å². The Kier molecular flexibility index (Phi) is 5.13. The Morgan fingerprint density at radius 2 is 1.87 bits per heavy atom. The highest BCUT2D eigenvalue weighted by Crippen LogP contribution is 2.27. The summed E-state index contributed by atoms with van der Waals surface area (Å²) >= 11 is 1.50. The van der Waals surface area contributed by atoms with Gasteiger partial charge in [0.1, 0.15) is 5.65 Å². The van der Waals surface area contributed by atoms with Gasteiger partial charge in [0.05, 0.1) is 18.5 Å². The fourth-order valence-corrected chi connectivity index (χ4v) is 4.30. The second-order valence-electron chi connectivity index (χ2n) is 7.09. The minimum absolute atomic E-state index is 0.0827. The van der Waals surface area contributed by atoms with E-state index in [0.717, 1.165) is 16.4 Å². The lowest BCUT2D eigenvalue weighted by Crippen LogP contribution is -2.17. The van der Waals surface area contributed by atoms with Crippen molar-refractivity contribution < 1.29 is 4.42 Å². The van der Waals surface area contributed by atoms with Gasteiger partial charge in [0.25, 0.3) is 5.56 Å². The van der Waals surface area contributed by atoms with E-state index in [9.17, 15) is 4.79 Å². The van der Waals surface area contributed by atoms with E-state index in [2.05, 4.69) is 27.3 Å². The van der Waals surface area contributed by atoms with Crippen molar-refractivity contribution in [3.63, 3.8) is 0 Å². The molecule has 154 valence electrons. The lowest BCUT2D eigenvalue weighted by molar-refractivity contribution is 0.569. The summed E-state index contributed by atoms with van der Waals surface area (Å²) in [6.45, 7) is 2.51. The fourth-order valence-electron chi connectivity index (χ4n) is 3.47. The van der Waals surface area contributed by atoms with E-state index in [-0.39, 0.29) is 5.56 Å². The molecule has 0 saturated carbocycles. The number of fused-ring (bicyclic) bond motifs is 1. The van der Waals surface area contributed by atoms with E-state index in [0.29, 0.717) is 35.2 Å². The molecule has 1 aromatic carbocycles. The molecule has 4 aromatic heterocycles. The molecule has 5 aromatic rings. The van der Waals surface area contributed by atoms with Crippen LogP contribution in [0.5, 0.6) is 0 Å². The Labute approximate surface area is 182 Å². The van der Waals surface area contributed by atoms with Crippen LogP contribution < -0.4 is 5.56 Å². The Morgan fingerprint density at radius 1 is 1.00 bits per heavy atom. The van der Waals surface area contributed by atoms with Gasteiger partial charge in [0, 0.05) is 17.5 Å². The maximum Gasteiger partial charge on any atom is 0.258 e. The first-order valence-electron chi connectivity index (χ1n) is 9.81. The zero-order chi connectivity index (χ0) is 21.2. The second-order valence-corrected chi connectivity index (χ2v) is 8.03. The van der Waals surface area contributed by atoms with Gasteiger partial charge >= 0.3 is 0 Å². The van der Waals surface area contributed by atoms with Gasteiger partial charge in [-0.1, -0.05) is 48.2 Å². The summed E-state index contributed by atoms with van der Waals surface area (Å²) in [4.78, 5) is 17.2. The molecule has 0 spiro atoms. The quantitative estimate of drug-likeness (QED) is 0.377. The number of benzene rings is 1. The third kappa shape index (κ3) is 3.89. The van der Waals surface area contributed by atoms with Crippen molar-refractivity contribution in [2.45, 2.75) is 24.4 Å². The predicted molar refractivity (Wildman–Crippen MR) is 119 cm³/mol. The molecule has 0 radical (unpaired) electrons. The van der Waals surface area contributed by atoms with Crippen molar-refractivity contribution in [1.82, 2.24) is 24.1 Å². The zero-order valence-electron chi connectivity index (χ0n) is 16.8. The van der Waals surface area contributed by atoms with Crippen LogP contribution in [0, 0.1) is 6.92 Å². The molecular weight excluding hydrogens is 410 g/mol. The number of hydrogen-bond donors (Lipinski definition) is 0. The van der Waals surface area contributed by atoms with Crippen LogP contribution in [-0.2, 0) is 12.3 Å². The topological polar surface area (TPSA) is 78.2 Å². The highest BCUT2D eigenvalue weighted by atomic mass is 32.2. The lowest BCUT2D eigenvalue weighted by atomic mass is 10.2. The average molecular weight is 430 g/mol. The van der Waals surface area contributed by atoms with Gasteiger partial charge in [-0.3, -0.25) is 13.8 Å². The average Bonchev–Trinajstić information content (AvgIpc) is 3.43. The first kappa shape index (κ1) is 19.3. The van der Waals surface area contributed by atoms with Gasteiger partial charge < -0.3 is 4.42 Å². The standard InChI is InChI=1S/C23H19N5O2S/c1-16-7-5-11-20-24-18(13-21(29)28(16)20)15-31-23-26-25-22(19-10-6-12-30-19)27(23)14-17-8-3-2-4-9-17/h2-13H,14-15H2,1H3. The Hall–Kier alpha value is -3.65. The lowest BCUT2D eigenvalue weighted by Gasteiger charge is -2.10. The van der Waals surface area contributed by atoms with Crippen LogP contribution in [0.2, 0.25) is 0 Å². The maximum absolute atomic E-state index is 12.6. The predicted octanol–water partition coefficient (Wildman–Crippen LogP) is 4.20. The van der Waals surface area contributed by atoms with Gasteiger partial charge in [0.15, 0.2) is 10.9 Å². The largest absolute Gasteiger partial charge is 0.461 e. The molecule has 0 atom stereocenters. The summed E-state index contributed by atoms with van der Waals surface area (Å²) in [5, 5.41) is 9.48. The third-order valence-corrected chi connectivity index (χ3v) is 5.92. The molecule has 0 unspecified atom stereocenters. The molecule has 0 bridgehead atoms. The molecule has 0 amide bonds. The molecule has 31 heavy (non-hydrogen) atoms. The highest BCUT2D eigenvalue weighted by molar-refractivity contribution is 7.98. The minimum atomic E-state index is -0.0827. The molecule has 0 aliphatic carbocycles. The van der Waals surface area contributed by atoms with Gasteiger partial charge in [-0.15, -0.1) is 10.2 Å². The number of hydrogen-bond acceptors (Lipinski definition) is 6. The molecule has 7 nitrogen and oxygen atoms in total. The van der Waals surface area contributed by atoms with E-state index in [4.69, 9.17) is 4.42 Å². The van der Waals surface area contributed by atoms with Gasteiger partial charge in [-0.05, 0) is 36.8 Å². The number of pyridine rings is 1. The smallest absolute Gasteiger partial charge is 0.258 e. The van der Waals surface area contributed by atoms with Crippen molar-refractivity contribution in [3.05, 3.63) is 100 Å². The van der Waals surface area contributed by atoms with E-state index in [1.165, 1.54) is 11.8 Å². The van der Waals surface area contributed by atoms with Crippen molar-refractivity contribution >= 4 is 17.4 Å². The summed E-state index contributed by atoms with van der Waals surface area (Å²) < 4.78 is 9.20. The second kappa shape index (κ2) is 8.23. The van der Waals surface area contributed by atoms with Crippen molar-refractivity contribution in [3.8, 4) is 11.6 Å². The first-order valence-corrected chi connectivity index (χ1v) is 10.8. The number of rotatable bonds is 6. The van der Waals surface area contributed by atoms with Crippen molar-refractivity contribution in [2.75, 3.05) is 0 Å². The van der Waals surface area contributed by atoms with Crippen LogP contribution in [0.15, 0.2) is 87.4 Å². The normalized spacial score (nSPS) is 11.3. The van der Waals surface area contributed by atoms with Crippen LogP contribution in [-0.4, -0.2) is 24.1 Å². The molecule has 0 saturated heterocycles. The number of aryl methyl sites for hydroxylation is 1. The molecular formula is C23H19N5O2S. The van der Waals surface area contributed by atoms with Gasteiger partial charge in [-0.25, -0.2) is 4.98 Å². The summed E-state index contributed by atoms with van der Waals surface area (Å²) in [6, 6.07) is 21.1. The molecule has 0 fully saturated rings. The van der Waals surface area contributed by atoms with Crippen LogP contribution in [0.3, 0.4) is 0 Å². The monoisotopic (exact) mass is 429 g/mol. The van der Waals surface area contributed by atoms with Gasteiger partial charge in [-0.2, -0.15) is 0 Å². The van der Waals surface area contributed by atoms with E-state index < -0.39 is 0 Å². The summed E-state index contributed by atoms with van der Waals surface area (Å²) in [5.41, 5.74) is 3.26. The van der Waals surface area contributed by atoms with Crippen LogP contribution in [0.4, 0.5) is 0 Å². The number of aromatic nitrogens is 5. The van der Waals surface area contributed by atoms with E-state index >= 15 is 0 Å². The molecule has 0 aliphatic heterocycles. The fraction of sp³-hybridized carbons (Fsp3) is 0.130. The minimum Gasteiger partial charge on any atom is -0.461 e.